The molecule has 0 atom stereocenters. The van der Waals surface area contributed by atoms with Gasteiger partial charge in [-0.25, -0.2) is 4.98 Å². The summed E-state index contributed by atoms with van der Waals surface area (Å²) in [6, 6.07) is 14.7. The number of hydrogen-bond acceptors (Lipinski definition) is 6. The van der Waals surface area contributed by atoms with E-state index in [0.717, 1.165) is 80.1 Å². The smallest absolute Gasteiger partial charge is 0.230 e. The van der Waals surface area contributed by atoms with Crippen molar-refractivity contribution in [1.29, 1.82) is 0 Å². The molecule has 8 heteroatoms. The normalized spacial score (nSPS) is 22.3. The van der Waals surface area contributed by atoms with Gasteiger partial charge >= 0.3 is 0 Å². The van der Waals surface area contributed by atoms with Crippen molar-refractivity contribution in [3.05, 3.63) is 70.2 Å². The highest BCUT2D eigenvalue weighted by molar-refractivity contribution is 7.09. The number of ether oxygens (including phenoxy) is 2. The molecule has 0 unspecified atom stereocenters. The van der Waals surface area contributed by atoms with E-state index in [1.54, 1.807) is 24.6 Å². The van der Waals surface area contributed by atoms with E-state index in [0.29, 0.717) is 18.4 Å². The van der Waals surface area contributed by atoms with Gasteiger partial charge in [0.15, 0.2) is 8.32 Å². The van der Waals surface area contributed by atoms with Crippen LogP contribution in [0.4, 0.5) is 5.69 Å². The number of methoxy groups -OCH3 is 1. The van der Waals surface area contributed by atoms with Crippen LogP contribution in [-0.4, -0.2) is 39.0 Å². The van der Waals surface area contributed by atoms with Gasteiger partial charge in [0.25, 0.3) is 0 Å². The number of hydrogen-bond donors (Lipinski definition) is 0. The third kappa shape index (κ3) is 8.61. The van der Waals surface area contributed by atoms with E-state index >= 15 is 0 Å². The van der Waals surface area contributed by atoms with Crippen molar-refractivity contribution < 1.29 is 18.7 Å². The Morgan fingerprint density at radius 3 is 2.37 bits per heavy atom. The minimum atomic E-state index is -1.84. The van der Waals surface area contributed by atoms with Crippen molar-refractivity contribution in [3.63, 3.8) is 0 Å². The molecular weight excluding hydrogens is 609 g/mol. The lowest BCUT2D eigenvalue weighted by Gasteiger charge is -2.41. The van der Waals surface area contributed by atoms with Crippen molar-refractivity contribution in [1.82, 2.24) is 4.98 Å². The molecule has 2 aliphatic carbocycles. The van der Waals surface area contributed by atoms with Gasteiger partial charge in [0.2, 0.25) is 5.91 Å². The minimum Gasteiger partial charge on any atom is -0.496 e. The largest absolute Gasteiger partial charge is 0.496 e. The molecular formula is C38H54N2O4SSi. The van der Waals surface area contributed by atoms with Gasteiger partial charge in [-0.05, 0) is 118 Å². The van der Waals surface area contributed by atoms with Crippen LogP contribution in [0.25, 0.3) is 0 Å². The van der Waals surface area contributed by atoms with Gasteiger partial charge in [0.05, 0.1) is 7.11 Å². The molecule has 0 spiro atoms. The van der Waals surface area contributed by atoms with Crippen LogP contribution in [0.15, 0.2) is 54.0 Å². The fraction of sp³-hybridized carbons (Fsp3) is 0.579. The fourth-order valence-electron chi connectivity index (χ4n) is 6.87. The van der Waals surface area contributed by atoms with Gasteiger partial charge in [0.1, 0.15) is 23.1 Å². The maximum Gasteiger partial charge on any atom is 0.230 e. The van der Waals surface area contributed by atoms with Gasteiger partial charge in [-0.15, -0.1) is 11.3 Å². The Labute approximate surface area is 282 Å². The molecule has 0 aliphatic heterocycles. The zero-order valence-corrected chi connectivity index (χ0v) is 30.8. The van der Waals surface area contributed by atoms with Crippen LogP contribution in [-0.2, 0) is 15.8 Å². The first-order valence-corrected chi connectivity index (χ1v) is 21.0. The summed E-state index contributed by atoms with van der Waals surface area (Å²) in [5.41, 5.74) is 3.54. The average molecular weight is 663 g/mol. The lowest BCUT2D eigenvalue weighted by Crippen LogP contribution is -2.46. The molecule has 3 aromatic rings. The SMILES string of the molecule is COc1ccc(C2CCC(CN(C(=O)C3CCC(O[Si](C)(C)C(C)(C)C)CC3)c3cccc(OCc4nccs4)c3)CC2)cc1C. The Kier molecular flexibility index (Phi) is 11.3. The molecule has 2 saturated carbocycles. The van der Waals surface area contributed by atoms with E-state index in [9.17, 15) is 4.79 Å². The molecule has 1 aromatic heterocycles. The maximum atomic E-state index is 14.4. The molecule has 2 aromatic carbocycles. The van der Waals surface area contributed by atoms with Crippen LogP contribution in [0.5, 0.6) is 11.5 Å². The van der Waals surface area contributed by atoms with Crippen molar-refractivity contribution in [3.8, 4) is 11.5 Å². The van der Waals surface area contributed by atoms with Crippen molar-refractivity contribution in [2.24, 2.45) is 11.8 Å². The lowest BCUT2D eigenvalue weighted by atomic mass is 9.78. The van der Waals surface area contributed by atoms with Crippen molar-refractivity contribution in [2.75, 3.05) is 18.6 Å². The number of carbonyl (C=O) groups is 1. The third-order valence-corrected chi connectivity index (χ3v) is 16.0. The monoisotopic (exact) mass is 662 g/mol. The number of rotatable bonds is 11. The van der Waals surface area contributed by atoms with E-state index < -0.39 is 8.32 Å². The molecule has 250 valence electrons. The predicted octanol–water partition coefficient (Wildman–Crippen LogP) is 9.93. The Hall–Kier alpha value is -2.68. The Bertz CT molecular complexity index is 1420. The Balaban J connectivity index is 1.27. The number of aryl methyl sites for hydroxylation is 1. The standard InChI is InChI=1S/C38H54N2O4SSi/c1-27-23-31(17-20-35(27)42-5)29-13-11-28(12-14-29)25-40(32-9-8-10-34(24-32)43-26-36-39-21-22-45-36)37(41)30-15-18-33(19-16-30)44-46(6,7)38(2,3)4/h8-10,17,20-24,28-30,33H,11-16,18-19,25-26H2,1-7H3. The molecule has 2 fully saturated rings. The first-order chi connectivity index (χ1) is 21.9. The van der Waals surface area contributed by atoms with E-state index in [1.165, 1.54) is 11.1 Å². The fourth-order valence-corrected chi connectivity index (χ4v) is 8.82. The quantitative estimate of drug-likeness (QED) is 0.191. The second-order valence-corrected chi connectivity index (χ2v) is 20.7. The van der Waals surface area contributed by atoms with Gasteiger partial charge in [-0.3, -0.25) is 4.79 Å². The zero-order chi connectivity index (χ0) is 32.9. The summed E-state index contributed by atoms with van der Waals surface area (Å²) in [4.78, 5) is 20.8. The summed E-state index contributed by atoms with van der Waals surface area (Å²) in [5, 5.41) is 3.10. The lowest BCUT2D eigenvalue weighted by molar-refractivity contribution is -0.124. The Morgan fingerprint density at radius 2 is 1.74 bits per heavy atom. The molecule has 6 nitrogen and oxygen atoms in total. The van der Waals surface area contributed by atoms with Crippen LogP contribution in [0.2, 0.25) is 18.1 Å². The molecule has 0 radical (unpaired) electrons. The number of amides is 1. The molecule has 1 heterocycles. The summed E-state index contributed by atoms with van der Waals surface area (Å²) in [6.45, 7) is 14.9. The number of benzene rings is 2. The molecule has 1 amide bonds. The first-order valence-electron chi connectivity index (χ1n) is 17.2. The molecule has 0 N–H and O–H groups in total. The molecule has 46 heavy (non-hydrogen) atoms. The van der Waals surface area contributed by atoms with Crippen LogP contribution in [0, 0.1) is 18.8 Å². The predicted molar refractivity (Wildman–Crippen MR) is 192 cm³/mol. The molecule has 2 aliphatic rings. The molecule has 0 saturated heterocycles. The topological polar surface area (TPSA) is 60.9 Å². The summed E-state index contributed by atoms with van der Waals surface area (Å²) < 4.78 is 18.4. The Morgan fingerprint density at radius 1 is 1.00 bits per heavy atom. The number of thiazole rings is 1. The van der Waals surface area contributed by atoms with Crippen LogP contribution >= 0.6 is 11.3 Å². The van der Waals surface area contributed by atoms with Crippen LogP contribution < -0.4 is 14.4 Å². The van der Waals surface area contributed by atoms with Gasteiger partial charge in [-0.1, -0.05) is 39.0 Å². The van der Waals surface area contributed by atoms with Crippen molar-refractivity contribution >= 4 is 31.2 Å². The van der Waals surface area contributed by atoms with Crippen molar-refractivity contribution in [2.45, 2.75) is 116 Å². The summed E-state index contributed by atoms with van der Waals surface area (Å²) >= 11 is 1.59. The highest BCUT2D eigenvalue weighted by atomic mass is 32.1. The average Bonchev–Trinajstić information content (AvgIpc) is 3.56. The summed E-state index contributed by atoms with van der Waals surface area (Å²) in [5.74, 6) is 3.04. The van der Waals surface area contributed by atoms with E-state index in [2.05, 4.69) is 74.9 Å². The highest BCUT2D eigenvalue weighted by Gasteiger charge is 2.41. The zero-order valence-electron chi connectivity index (χ0n) is 29.0. The second kappa shape index (κ2) is 15.0. The van der Waals surface area contributed by atoms with Gasteiger partial charge in [0, 0.05) is 41.9 Å². The van der Waals surface area contributed by atoms with Gasteiger partial charge in [-0.2, -0.15) is 0 Å². The molecule has 0 bridgehead atoms. The number of anilines is 1. The summed E-state index contributed by atoms with van der Waals surface area (Å²) in [7, 11) is -0.103. The van der Waals surface area contributed by atoms with E-state index in [1.807, 2.05) is 23.6 Å². The minimum absolute atomic E-state index is 0.0257. The van der Waals surface area contributed by atoms with Crippen LogP contribution in [0.3, 0.4) is 0 Å². The van der Waals surface area contributed by atoms with Crippen LogP contribution in [0.1, 0.15) is 94.2 Å². The molecule has 5 rings (SSSR count). The van der Waals surface area contributed by atoms with E-state index in [4.69, 9.17) is 13.9 Å². The van der Waals surface area contributed by atoms with Gasteiger partial charge < -0.3 is 18.8 Å². The highest BCUT2D eigenvalue weighted by Crippen LogP contribution is 2.41. The summed E-state index contributed by atoms with van der Waals surface area (Å²) in [6.07, 6.45) is 10.3. The number of carbonyl (C=O) groups excluding carboxylic acids is 1. The second-order valence-electron chi connectivity index (χ2n) is 15.0. The first kappa shape index (κ1) is 34.6. The number of aromatic nitrogens is 1. The third-order valence-electron chi connectivity index (χ3n) is 10.7. The number of nitrogens with zero attached hydrogens (tertiary/aromatic N) is 2. The maximum absolute atomic E-state index is 14.4. The van der Waals surface area contributed by atoms with E-state index in [-0.39, 0.29) is 23.0 Å².